The predicted octanol–water partition coefficient (Wildman–Crippen LogP) is -3.10. The number of nitrogens with one attached hydrogen (secondary N) is 4. The third kappa shape index (κ3) is 5.45. The number of nitrogens with zero attached hydrogens (tertiary/aromatic N) is 2. The van der Waals surface area contributed by atoms with Gasteiger partial charge in [-0.05, 0) is 6.92 Å². The van der Waals surface area contributed by atoms with Gasteiger partial charge >= 0.3 is 11.4 Å². The number of H-pyrrole nitrogens is 2. The number of carbonyl (C=O) groups excluding carboxylic acids is 1. The Morgan fingerprint density at radius 2 is 1.88 bits per heavy atom. The molecule has 4 atom stereocenters. The van der Waals surface area contributed by atoms with E-state index in [1.165, 1.54) is 10.8 Å². The highest BCUT2D eigenvalue weighted by molar-refractivity contribution is 7.71. The highest BCUT2D eigenvalue weighted by Crippen LogP contribution is 2.28. The van der Waals surface area contributed by atoms with Crippen molar-refractivity contribution in [1.82, 2.24) is 24.4 Å². The summed E-state index contributed by atoms with van der Waals surface area (Å²) < 4.78 is 7.67. The van der Waals surface area contributed by atoms with Crippen LogP contribution in [0.2, 0.25) is 0 Å². The zero-order valence-electron chi connectivity index (χ0n) is 17.5. The average molecular weight is 484 g/mol. The smallest absolute Gasteiger partial charge is 0.330 e. The lowest BCUT2D eigenvalue weighted by molar-refractivity contribution is -0.121. The molecule has 15 heteroatoms. The zero-order chi connectivity index (χ0) is 24.3. The standard InChI is InChI=1S/C18H24N6O8S/c1-8-4-23(17(30)22-15(8)33)6-11(26)20-3-2-19-9-5-24(18(31)21-14(9)29)16-13(28)12(27)10(7-25)32-16/h4-5,10,12-13,16,19,25,27-28H,2-3,6-7H2,1H3,(H,20,26)(H,21,29,31)(H,22,30,33)/t10-,12-,13-,16-/m1/s1. The molecule has 0 saturated carbocycles. The van der Waals surface area contributed by atoms with Crippen molar-refractivity contribution in [2.45, 2.75) is 38.0 Å². The third-order valence-corrected chi connectivity index (χ3v) is 5.45. The van der Waals surface area contributed by atoms with Gasteiger partial charge in [0.2, 0.25) is 5.91 Å². The summed E-state index contributed by atoms with van der Waals surface area (Å²) in [6.45, 7) is 1.07. The van der Waals surface area contributed by atoms with E-state index in [-0.39, 0.29) is 25.3 Å². The number of aromatic nitrogens is 4. The van der Waals surface area contributed by atoms with E-state index in [9.17, 15) is 34.5 Å². The van der Waals surface area contributed by atoms with Gasteiger partial charge < -0.3 is 30.7 Å². The summed E-state index contributed by atoms with van der Waals surface area (Å²) in [6.07, 6.45) is -2.75. The van der Waals surface area contributed by atoms with Gasteiger partial charge in [0.15, 0.2) is 6.23 Å². The van der Waals surface area contributed by atoms with Crippen LogP contribution in [0.5, 0.6) is 0 Å². The van der Waals surface area contributed by atoms with Gasteiger partial charge in [-0.25, -0.2) is 9.59 Å². The summed E-state index contributed by atoms with van der Waals surface area (Å²) in [5, 5.41) is 34.5. The second-order valence-corrected chi connectivity index (χ2v) is 7.82. The number of aliphatic hydroxyl groups excluding tert-OH is 3. The molecular formula is C18H24N6O8S. The number of amides is 1. The van der Waals surface area contributed by atoms with Crippen molar-refractivity contribution in [2.75, 3.05) is 25.0 Å². The van der Waals surface area contributed by atoms with Gasteiger partial charge in [0, 0.05) is 31.0 Å². The Kier molecular flexibility index (Phi) is 7.60. The summed E-state index contributed by atoms with van der Waals surface area (Å²) in [6, 6.07) is 0. The maximum absolute atomic E-state index is 12.1. The van der Waals surface area contributed by atoms with Gasteiger partial charge in [0.05, 0.1) is 6.61 Å². The van der Waals surface area contributed by atoms with Crippen molar-refractivity contribution in [2.24, 2.45) is 0 Å². The summed E-state index contributed by atoms with van der Waals surface area (Å²) in [5.74, 6) is -0.450. The first kappa shape index (κ1) is 24.5. The van der Waals surface area contributed by atoms with Crippen molar-refractivity contribution >= 4 is 23.8 Å². The van der Waals surface area contributed by atoms with Gasteiger partial charge in [-0.2, -0.15) is 0 Å². The molecule has 3 rings (SSSR count). The van der Waals surface area contributed by atoms with Crippen LogP contribution in [0.1, 0.15) is 11.8 Å². The average Bonchev–Trinajstić information content (AvgIpc) is 3.04. The largest absolute Gasteiger partial charge is 0.394 e. The normalized spacial score (nSPS) is 22.3. The van der Waals surface area contributed by atoms with Gasteiger partial charge in [0.25, 0.3) is 5.56 Å². The van der Waals surface area contributed by atoms with Crippen molar-refractivity contribution in [1.29, 1.82) is 0 Å². The first-order valence-corrected chi connectivity index (χ1v) is 10.3. The number of aromatic amines is 2. The number of carbonyl (C=O) groups is 1. The van der Waals surface area contributed by atoms with E-state index < -0.39 is 54.0 Å². The molecule has 3 heterocycles. The maximum atomic E-state index is 12.1. The third-order valence-electron chi connectivity index (χ3n) is 5.02. The van der Waals surface area contributed by atoms with E-state index in [1.807, 2.05) is 0 Å². The molecular weight excluding hydrogens is 460 g/mol. The lowest BCUT2D eigenvalue weighted by Gasteiger charge is -2.18. The van der Waals surface area contributed by atoms with E-state index in [2.05, 4.69) is 20.6 Å². The molecule has 7 N–H and O–H groups in total. The van der Waals surface area contributed by atoms with Crippen LogP contribution in [0, 0.1) is 11.6 Å². The molecule has 14 nitrogen and oxygen atoms in total. The van der Waals surface area contributed by atoms with E-state index in [0.29, 0.717) is 10.2 Å². The molecule has 2 aromatic rings. The molecule has 2 aromatic heterocycles. The van der Waals surface area contributed by atoms with Crippen LogP contribution < -0.4 is 27.6 Å². The number of aryl methyl sites for hydroxylation is 1. The van der Waals surface area contributed by atoms with Crippen LogP contribution in [0.3, 0.4) is 0 Å². The monoisotopic (exact) mass is 484 g/mol. The van der Waals surface area contributed by atoms with Crippen LogP contribution >= 0.6 is 12.2 Å². The van der Waals surface area contributed by atoms with Crippen molar-refractivity contribution in [3.63, 3.8) is 0 Å². The Hall–Kier alpha value is -3.11. The fourth-order valence-electron chi connectivity index (χ4n) is 3.26. The van der Waals surface area contributed by atoms with Gasteiger partial charge in [-0.3, -0.25) is 28.7 Å². The number of rotatable bonds is 8. The van der Waals surface area contributed by atoms with Crippen LogP contribution in [0.25, 0.3) is 0 Å². The van der Waals surface area contributed by atoms with E-state index in [1.54, 1.807) is 6.92 Å². The summed E-state index contributed by atoms with van der Waals surface area (Å²) >= 11 is 4.96. The van der Waals surface area contributed by atoms with Gasteiger partial charge in [0.1, 0.15) is 35.2 Å². The molecule has 0 aliphatic carbocycles. The Morgan fingerprint density at radius 3 is 2.55 bits per heavy atom. The number of ether oxygens (including phenoxy) is 1. The number of hydrogen-bond acceptors (Lipinski definition) is 10. The van der Waals surface area contributed by atoms with Gasteiger partial charge in [-0.15, -0.1) is 0 Å². The Balaban J connectivity index is 1.60. The maximum Gasteiger partial charge on any atom is 0.330 e. The minimum atomic E-state index is -1.50. The first-order valence-electron chi connectivity index (χ1n) is 9.91. The SMILES string of the molecule is Cc1cn(CC(=O)NCCNc2cn([C@@H]3O[C@H](CO)[C@@H](O)[C@H]3O)c(=O)[nH]c2=O)c(=O)[nH]c1=S. The first-order chi connectivity index (χ1) is 15.6. The molecule has 0 radical (unpaired) electrons. The highest BCUT2D eigenvalue weighted by Gasteiger charge is 2.43. The molecule has 1 aliphatic heterocycles. The molecule has 33 heavy (non-hydrogen) atoms. The lowest BCUT2D eigenvalue weighted by atomic mass is 10.1. The summed E-state index contributed by atoms with van der Waals surface area (Å²) in [4.78, 5) is 52.7. The lowest BCUT2D eigenvalue weighted by Crippen LogP contribution is -2.39. The summed E-state index contributed by atoms with van der Waals surface area (Å²) in [7, 11) is 0. The molecule has 1 fully saturated rings. The zero-order valence-corrected chi connectivity index (χ0v) is 18.3. The van der Waals surface area contributed by atoms with Crippen molar-refractivity contribution < 1.29 is 24.9 Å². The van der Waals surface area contributed by atoms with Crippen LogP contribution in [-0.2, 0) is 16.1 Å². The fraction of sp³-hybridized carbons (Fsp3) is 0.500. The summed E-state index contributed by atoms with van der Waals surface area (Å²) in [5.41, 5.74) is -1.54. The van der Waals surface area contributed by atoms with Crippen molar-refractivity contribution in [3.05, 3.63) is 53.9 Å². The van der Waals surface area contributed by atoms with Crippen LogP contribution in [-0.4, -0.2) is 78.3 Å². The number of aliphatic hydroxyl groups is 3. The van der Waals surface area contributed by atoms with Crippen LogP contribution in [0.4, 0.5) is 5.69 Å². The van der Waals surface area contributed by atoms with E-state index >= 15 is 0 Å². The van der Waals surface area contributed by atoms with Gasteiger partial charge in [-0.1, -0.05) is 12.2 Å². The highest BCUT2D eigenvalue weighted by atomic mass is 32.1. The minimum Gasteiger partial charge on any atom is -0.394 e. The molecule has 0 bridgehead atoms. The Labute approximate surface area is 190 Å². The minimum absolute atomic E-state index is 0.0518. The molecule has 1 amide bonds. The Bertz CT molecular complexity index is 1250. The van der Waals surface area contributed by atoms with E-state index in [4.69, 9.17) is 17.0 Å². The molecule has 1 aliphatic rings. The predicted molar refractivity (Wildman–Crippen MR) is 116 cm³/mol. The number of anilines is 1. The number of hydrogen-bond donors (Lipinski definition) is 7. The molecule has 180 valence electrons. The molecule has 1 saturated heterocycles. The second-order valence-electron chi connectivity index (χ2n) is 7.41. The molecule has 0 unspecified atom stereocenters. The Morgan fingerprint density at radius 1 is 1.15 bits per heavy atom. The van der Waals surface area contributed by atoms with E-state index in [0.717, 1.165) is 10.8 Å². The topological polar surface area (TPSA) is 204 Å². The molecule has 0 aromatic carbocycles. The second kappa shape index (κ2) is 10.2. The van der Waals surface area contributed by atoms with Crippen molar-refractivity contribution in [3.8, 4) is 0 Å². The quantitative estimate of drug-likeness (QED) is 0.148. The molecule has 0 spiro atoms. The fourth-order valence-corrected chi connectivity index (χ4v) is 3.40. The van der Waals surface area contributed by atoms with Crippen LogP contribution in [0.15, 0.2) is 26.8 Å².